The van der Waals surface area contributed by atoms with E-state index in [-0.39, 0.29) is 35.7 Å². The largest absolute Gasteiger partial charge is 0.463 e. The summed E-state index contributed by atoms with van der Waals surface area (Å²) in [4.78, 5) is 25.4. The molecule has 4 fully saturated rings. The fourth-order valence-corrected chi connectivity index (χ4v) is 9.11. The summed E-state index contributed by atoms with van der Waals surface area (Å²) in [5, 5.41) is 0. The van der Waals surface area contributed by atoms with Gasteiger partial charge in [0.1, 0.15) is 11.9 Å². The molecule has 0 heterocycles. The molecular formula is C29H41F3O3. The Labute approximate surface area is 207 Å². The van der Waals surface area contributed by atoms with Crippen molar-refractivity contribution in [2.24, 2.45) is 46.3 Å². The molecule has 0 saturated heterocycles. The molecule has 196 valence electrons. The summed E-state index contributed by atoms with van der Waals surface area (Å²) in [6.07, 6.45) is 3.39. The molecule has 0 aromatic rings. The second kappa shape index (κ2) is 9.39. The summed E-state index contributed by atoms with van der Waals surface area (Å²) in [6.45, 7) is 11.2. The highest BCUT2D eigenvalue weighted by molar-refractivity contribution is 5.87. The lowest BCUT2D eigenvalue weighted by Gasteiger charge is -2.60. The van der Waals surface area contributed by atoms with Crippen molar-refractivity contribution in [3.63, 3.8) is 0 Å². The number of hydrogen-bond donors (Lipinski definition) is 0. The van der Waals surface area contributed by atoms with Crippen LogP contribution in [0.1, 0.15) is 91.9 Å². The molecule has 0 bridgehead atoms. The van der Waals surface area contributed by atoms with Crippen molar-refractivity contribution in [3.05, 3.63) is 17.9 Å². The van der Waals surface area contributed by atoms with E-state index < -0.39 is 17.2 Å². The number of allylic oxidation sites excluding steroid dienone is 1. The second-order valence-electron chi connectivity index (χ2n) is 12.4. The summed E-state index contributed by atoms with van der Waals surface area (Å²) >= 11 is 0. The number of alkyl halides is 3. The first-order valence-corrected chi connectivity index (χ1v) is 13.5. The predicted molar refractivity (Wildman–Crippen MR) is 128 cm³/mol. The number of hydrogen-bond acceptors (Lipinski definition) is 3. The summed E-state index contributed by atoms with van der Waals surface area (Å²) < 4.78 is 45.1. The zero-order valence-corrected chi connectivity index (χ0v) is 21.7. The Balaban J connectivity index is 1.49. The van der Waals surface area contributed by atoms with Crippen molar-refractivity contribution in [2.45, 2.75) is 104 Å². The van der Waals surface area contributed by atoms with Gasteiger partial charge < -0.3 is 4.74 Å². The maximum Gasteiger partial charge on any atom is 0.419 e. The SMILES string of the molecule is C=C=C(CC[C@@H](C)[C@H]1CC[C@H]2[C@@H]3CC[C@H]4C[C@H](OC(C)=O)CC[C@]4(C)[C@H]3CC(=O)[C@]12C)C(F)(F)F. The van der Waals surface area contributed by atoms with E-state index in [1.165, 1.54) is 6.92 Å². The highest BCUT2D eigenvalue weighted by atomic mass is 19.4. The minimum Gasteiger partial charge on any atom is -0.463 e. The molecule has 4 aliphatic carbocycles. The van der Waals surface area contributed by atoms with Gasteiger partial charge in [-0.2, -0.15) is 13.2 Å². The standard InChI is InChI=1S/C29H41F3O3/c1-6-19(29(30,31)32)8-7-17(2)23-11-12-24-22-10-9-20-15-21(35-18(3)33)13-14-27(20,4)25(22)16-26(34)28(23,24)5/h17,20-25H,1,7-16H2,2-5H3/t17-,20+,21-,22+,23-,24+,25+,27+,28-/m1/s1. The molecule has 0 unspecified atom stereocenters. The van der Waals surface area contributed by atoms with E-state index in [0.29, 0.717) is 42.3 Å². The van der Waals surface area contributed by atoms with Crippen molar-refractivity contribution >= 4 is 11.8 Å². The highest BCUT2D eigenvalue weighted by Crippen LogP contribution is 2.67. The average molecular weight is 495 g/mol. The second-order valence-corrected chi connectivity index (χ2v) is 12.4. The van der Waals surface area contributed by atoms with Crippen LogP contribution in [0.4, 0.5) is 13.2 Å². The molecule has 0 radical (unpaired) electrons. The molecule has 0 aromatic carbocycles. The minimum absolute atomic E-state index is 0.00500. The van der Waals surface area contributed by atoms with Crippen LogP contribution in [0, 0.1) is 46.3 Å². The van der Waals surface area contributed by atoms with Gasteiger partial charge in [-0.1, -0.05) is 27.4 Å². The topological polar surface area (TPSA) is 43.4 Å². The smallest absolute Gasteiger partial charge is 0.419 e. The Morgan fingerprint density at radius 3 is 2.51 bits per heavy atom. The van der Waals surface area contributed by atoms with Gasteiger partial charge in [0.15, 0.2) is 0 Å². The number of Topliss-reactive ketones (excluding diaryl/α,β-unsaturated/α-hetero) is 1. The van der Waals surface area contributed by atoms with Gasteiger partial charge in [0.25, 0.3) is 0 Å². The van der Waals surface area contributed by atoms with Crippen LogP contribution in [0.15, 0.2) is 17.9 Å². The summed E-state index contributed by atoms with van der Waals surface area (Å²) in [5.74, 6) is 1.95. The zero-order chi connectivity index (χ0) is 25.8. The third kappa shape index (κ3) is 4.54. The Morgan fingerprint density at radius 1 is 1.17 bits per heavy atom. The molecule has 9 atom stereocenters. The lowest BCUT2D eigenvalue weighted by atomic mass is 9.44. The first kappa shape index (κ1) is 26.5. The molecule has 0 aliphatic heterocycles. The fraction of sp³-hybridized carbons (Fsp3) is 0.828. The molecule has 3 nitrogen and oxygen atoms in total. The first-order valence-electron chi connectivity index (χ1n) is 13.5. The van der Waals surface area contributed by atoms with Crippen LogP contribution in [0.25, 0.3) is 0 Å². The lowest BCUT2D eigenvalue weighted by molar-refractivity contribution is -0.167. The number of halogens is 3. The zero-order valence-electron chi connectivity index (χ0n) is 21.7. The normalized spacial score (nSPS) is 41.7. The number of ketones is 1. The number of ether oxygens (including phenoxy) is 1. The molecule has 0 amide bonds. The van der Waals surface area contributed by atoms with E-state index in [2.05, 4.69) is 26.2 Å². The minimum atomic E-state index is -4.39. The van der Waals surface area contributed by atoms with E-state index in [1.807, 2.05) is 6.92 Å². The molecule has 0 N–H and O–H groups in total. The van der Waals surface area contributed by atoms with Crippen molar-refractivity contribution in [1.82, 2.24) is 0 Å². The van der Waals surface area contributed by atoms with E-state index in [1.54, 1.807) is 0 Å². The van der Waals surface area contributed by atoms with E-state index in [0.717, 1.165) is 44.9 Å². The molecule has 0 spiro atoms. The molecule has 4 aliphatic rings. The van der Waals surface area contributed by atoms with Gasteiger partial charge in [-0.05, 0) is 98.7 Å². The molecule has 4 saturated carbocycles. The van der Waals surface area contributed by atoms with E-state index >= 15 is 0 Å². The Kier molecular flexibility index (Phi) is 7.12. The van der Waals surface area contributed by atoms with Crippen LogP contribution < -0.4 is 0 Å². The summed E-state index contributed by atoms with van der Waals surface area (Å²) in [7, 11) is 0. The summed E-state index contributed by atoms with van der Waals surface area (Å²) in [6, 6.07) is 0. The third-order valence-corrected chi connectivity index (χ3v) is 11.0. The number of rotatable bonds is 5. The number of esters is 1. The first-order chi connectivity index (χ1) is 16.3. The molecular weight excluding hydrogens is 453 g/mol. The van der Waals surface area contributed by atoms with Gasteiger partial charge >= 0.3 is 12.1 Å². The Morgan fingerprint density at radius 2 is 1.89 bits per heavy atom. The molecule has 0 aromatic heterocycles. The quantitative estimate of drug-likeness (QED) is 0.295. The van der Waals surface area contributed by atoms with Crippen LogP contribution in [0.3, 0.4) is 0 Å². The van der Waals surface area contributed by atoms with Gasteiger partial charge in [-0.25, -0.2) is 0 Å². The Hall–Kier alpha value is -1.55. The van der Waals surface area contributed by atoms with Crippen molar-refractivity contribution < 1.29 is 27.5 Å². The monoisotopic (exact) mass is 494 g/mol. The van der Waals surface area contributed by atoms with Crippen LogP contribution >= 0.6 is 0 Å². The number of carbonyl (C=O) groups is 2. The van der Waals surface area contributed by atoms with Crippen molar-refractivity contribution in [3.8, 4) is 0 Å². The maximum absolute atomic E-state index is 13.9. The molecule has 6 heteroatoms. The van der Waals surface area contributed by atoms with Gasteiger partial charge in [0, 0.05) is 18.8 Å². The maximum atomic E-state index is 13.9. The van der Waals surface area contributed by atoms with Crippen LogP contribution in [-0.4, -0.2) is 24.0 Å². The van der Waals surface area contributed by atoms with E-state index in [4.69, 9.17) is 4.74 Å². The van der Waals surface area contributed by atoms with Crippen LogP contribution in [0.5, 0.6) is 0 Å². The van der Waals surface area contributed by atoms with Crippen LogP contribution in [0.2, 0.25) is 0 Å². The number of carbonyl (C=O) groups excluding carboxylic acids is 2. The molecule has 4 rings (SSSR count). The predicted octanol–water partition coefficient (Wildman–Crippen LogP) is 7.45. The molecule has 35 heavy (non-hydrogen) atoms. The third-order valence-electron chi connectivity index (χ3n) is 11.0. The fourth-order valence-electron chi connectivity index (χ4n) is 9.11. The average Bonchev–Trinajstić information content (AvgIpc) is 3.12. The van der Waals surface area contributed by atoms with Crippen molar-refractivity contribution in [2.75, 3.05) is 0 Å². The van der Waals surface area contributed by atoms with Crippen LogP contribution in [-0.2, 0) is 14.3 Å². The van der Waals surface area contributed by atoms with Gasteiger partial charge in [0.2, 0.25) is 0 Å². The lowest BCUT2D eigenvalue weighted by Crippen LogP contribution is -2.57. The van der Waals surface area contributed by atoms with Gasteiger partial charge in [-0.15, -0.1) is 5.73 Å². The number of fused-ring (bicyclic) bond motifs is 5. The highest BCUT2D eigenvalue weighted by Gasteiger charge is 2.64. The summed E-state index contributed by atoms with van der Waals surface area (Å²) in [5.41, 5.74) is 1.06. The van der Waals surface area contributed by atoms with Crippen molar-refractivity contribution in [1.29, 1.82) is 0 Å². The van der Waals surface area contributed by atoms with E-state index in [9.17, 15) is 22.8 Å². The van der Waals surface area contributed by atoms with Gasteiger partial charge in [0.05, 0.1) is 5.57 Å². The van der Waals surface area contributed by atoms with Gasteiger partial charge in [-0.3, -0.25) is 9.59 Å². The Bertz CT molecular complexity index is 903.